The van der Waals surface area contributed by atoms with Gasteiger partial charge in [-0.25, -0.2) is 9.59 Å². The molecule has 2 aliphatic heterocycles. The van der Waals surface area contributed by atoms with Gasteiger partial charge in [0, 0.05) is 42.0 Å². The van der Waals surface area contributed by atoms with Gasteiger partial charge in [-0.2, -0.15) is 0 Å². The van der Waals surface area contributed by atoms with Crippen LogP contribution in [0.5, 0.6) is 0 Å². The number of hydrogen-bond acceptors (Lipinski definition) is 4. The highest BCUT2D eigenvalue weighted by Crippen LogP contribution is 2.47. The lowest BCUT2D eigenvalue weighted by Crippen LogP contribution is -2.67. The number of rotatable bonds is 4. The summed E-state index contributed by atoms with van der Waals surface area (Å²) in [6.45, 7) is 2.05. The molecule has 190 valence electrons. The first-order valence-electron chi connectivity index (χ1n) is 12.2. The van der Waals surface area contributed by atoms with Crippen molar-refractivity contribution in [3.8, 4) is 0 Å². The molecule has 7 nitrogen and oxygen atoms in total. The second-order valence-electron chi connectivity index (χ2n) is 9.74. The summed E-state index contributed by atoms with van der Waals surface area (Å²) in [5.74, 6) is -2.29. The van der Waals surface area contributed by atoms with Crippen LogP contribution in [0.1, 0.15) is 36.4 Å². The van der Waals surface area contributed by atoms with Gasteiger partial charge >= 0.3 is 11.9 Å². The summed E-state index contributed by atoms with van der Waals surface area (Å²) in [7, 11) is 0. The van der Waals surface area contributed by atoms with E-state index in [1.807, 2.05) is 29.2 Å². The molecule has 0 bridgehead atoms. The van der Waals surface area contributed by atoms with E-state index in [9.17, 15) is 14.4 Å². The molecule has 2 heterocycles. The van der Waals surface area contributed by atoms with Gasteiger partial charge < -0.3 is 15.1 Å². The molecule has 3 aromatic carbocycles. The standard InChI is InChI=1S/C25H23ClN2O.C4H4O4/c26-19-7-3-8-20(15-19)28-23(29)16-25(28)10-12-27(13-11-25)22-14-18-6-1-4-17-5-2-9-21(22)24(17)18;5-3(6)1-2-4(7)8/h1-9,15,22H,10-14,16H2;1-2H,(H,5,6)(H,7,8)/b;2-1+. The van der Waals surface area contributed by atoms with Crippen LogP contribution in [0, 0.1) is 0 Å². The summed E-state index contributed by atoms with van der Waals surface area (Å²) in [4.78, 5) is 36.3. The first-order valence-corrected chi connectivity index (χ1v) is 12.6. The predicted octanol–water partition coefficient (Wildman–Crippen LogP) is 5.07. The molecule has 37 heavy (non-hydrogen) atoms. The van der Waals surface area contributed by atoms with E-state index in [4.69, 9.17) is 21.8 Å². The second-order valence-corrected chi connectivity index (χ2v) is 10.2. The molecular weight excluding hydrogens is 492 g/mol. The van der Waals surface area contributed by atoms with Crippen molar-refractivity contribution in [2.24, 2.45) is 0 Å². The predicted molar refractivity (Wildman–Crippen MR) is 142 cm³/mol. The van der Waals surface area contributed by atoms with E-state index in [-0.39, 0.29) is 11.4 Å². The third kappa shape index (κ3) is 4.84. The Morgan fingerprint density at radius 3 is 2.22 bits per heavy atom. The fraction of sp³-hybridized carbons (Fsp3) is 0.276. The third-order valence-electron chi connectivity index (χ3n) is 7.60. The Balaban J connectivity index is 0.000000307. The lowest BCUT2D eigenvalue weighted by Gasteiger charge is -2.56. The van der Waals surface area contributed by atoms with Crippen molar-refractivity contribution in [2.45, 2.75) is 37.3 Å². The number of halogens is 1. The minimum Gasteiger partial charge on any atom is -0.478 e. The Hall–Kier alpha value is -3.68. The van der Waals surface area contributed by atoms with Gasteiger partial charge in [-0.15, -0.1) is 0 Å². The lowest BCUT2D eigenvalue weighted by atomic mass is 9.75. The zero-order chi connectivity index (χ0) is 26.2. The van der Waals surface area contributed by atoms with Crippen LogP contribution in [0.4, 0.5) is 5.69 Å². The molecule has 3 aromatic rings. The van der Waals surface area contributed by atoms with E-state index in [1.165, 1.54) is 21.9 Å². The fourth-order valence-electron chi connectivity index (χ4n) is 5.98. The highest BCUT2D eigenvalue weighted by Gasteiger charge is 2.53. The number of carboxylic acids is 2. The minimum absolute atomic E-state index is 0.0320. The number of likely N-dealkylation sites (tertiary alicyclic amines) is 1. The van der Waals surface area contributed by atoms with E-state index in [0.29, 0.717) is 29.6 Å². The molecule has 0 radical (unpaired) electrons. The normalized spacial score (nSPS) is 20.1. The van der Waals surface area contributed by atoms with E-state index in [2.05, 4.69) is 41.3 Å². The first-order chi connectivity index (χ1) is 17.8. The molecule has 6 rings (SSSR count). The Labute approximate surface area is 219 Å². The number of benzene rings is 3. The average Bonchev–Trinajstić information content (AvgIpc) is 3.24. The molecule has 2 fully saturated rings. The van der Waals surface area contributed by atoms with Crippen LogP contribution in [0.2, 0.25) is 5.02 Å². The number of aliphatic carboxylic acids is 2. The van der Waals surface area contributed by atoms with Gasteiger partial charge in [0.25, 0.3) is 0 Å². The van der Waals surface area contributed by atoms with Crippen molar-refractivity contribution in [2.75, 3.05) is 18.0 Å². The number of amides is 1. The number of carbonyl (C=O) groups is 3. The summed E-state index contributed by atoms with van der Waals surface area (Å²) >= 11 is 6.19. The van der Waals surface area contributed by atoms with Crippen molar-refractivity contribution in [1.82, 2.24) is 4.90 Å². The Bertz CT molecular complexity index is 1390. The van der Waals surface area contributed by atoms with Crippen LogP contribution < -0.4 is 4.90 Å². The van der Waals surface area contributed by atoms with Crippen molar-refractivity contribution < 1.29 is 24.6 Å². The molecule has 1 atom stereocenters. The minimum atomic E-state index is -1.26. The largest absolute Gasteiger partial charge is 0.478 e. The maximum atomic E-state index is 12.5. The zero-order valence-corrected chi connectivity index (χ0v) is 20.9. The van der Waals surface area contributed by atoms with Crippen LogP contribution in [0.3, 0.4) is 0 Å². The molecule has 1 amide bonds. The summed E-state index contributed by atoms with van der Waals surface area (Å²) in [6, 6.07) is 21.6. The van der Waals surface area contributed by atoms with Crippen LogP contribution in [0.15, 0.2) is 72.8 Å². The maximum absolute atomic E-state index is 12.5. The third-order valence-corrected chi connectivity index (χ3v) is 7.84. The molecule has 0 aromatic heterocycles. The van der Waals surface area contributed by atoms with E-state index >= 15 is 0 Å². The first kappa shape index (κ1) is 25.0. The molecule has 8 heteroatoms. The number of piperidine rings is 1. The van der Waals surface area contributed by atoms with E-state index < -0.39 is 11.9 Å². The Morgan fingerprint density at radius 2 is 1.59 bits per heavy atom. The molecule has 2 N–H and O–H groups in total. The van der Waals surface area contributed by atoms with Gasteiger partial charge in [-0.05, 0) is 59.4 Å². The van der Waals surface area contributed by atoms with Crippen LogP contribution in [-0.4, -0.2) is 51.6 Å². The van der Waals surface area contributed by atoms with E-state index in [0.717, 1.165) is 38.0 Å². The smallest absolute Gasteiger partial charge is 0.328 e. The molecule has 0 saturated carbocycles. The maximum Gasteiger partial charge on any atom is 0.328 e. The van der Waals surface area contributed by atoms with Crippen molar-refractivity contribution in [3.63, 3.8) is 0 Å². The number of anilines is 1. The Kier molecular flexibility index (Phi) is 6.75. The van der Waals surface area contributed by atoms with Crippen molar-refractivity contribution in [1.29, 1.82) is 0 Å². The highest BCUT2D eigenvalue weighted by atomic mass is 35.5. The molecule has 3 aliphatic rings. The fourth-order valence-corrected chi connectivity index (χ4v) is 6.17. The molecule has 1 unspecified atom stereocenters. The van der Waals surface area contributed by atoms with Crippen molar-refractivity contribution >= 4 is 45.9 Å². The van der Waals surface area contributed by atoms with Gasteiger partial charge in [-0.3, -0.25) is 9.69 Å². The SMILES string of the molecule is O=C(O)/C=C/C(=O)O.O=C1CC2(CCN(C3Cc4cccc5cccc3c45)CC2)N1c1cccc(Cl)c1. The summed E-state index contributed by atoms with van der Waals surface area (Å²) < 4.78 is 0. The number of carbonyl (C=O) groups excluding carboxylic acids is 1. The Morgan fingerprint density at radius 1 is 0.946 bits per heavy atom. The molecular formula is C29H27ClN2O5. The highest BCUT2D eigenvalue weighted by molar-refractivity contribution is 6.31. The monoisotopic (exact) mass is 518 g/mol. The molecule has 2 saturated heterocycles. The quantitative estimate of drug-likeness (QED) is 0.369. The number of hydrogen-bond donors (Lipinski definition) is 2. The van der Waals surface area contributed by atoms with Gasteiger partial charge in [0.15, 0.2) is 0 Å². The molecule has 1 spiro atoms. The van der Waals surface area contributed by atoms with Gasteiger partial charge in [0.1, 0.15) is 0 Å². The van der Waals surface area contributed by atoms with Gasteiger partial charge in [-0.1, -0.05) is 54.1 Å². The van der Waals surface area contributed by atoms with Crippen LogP contribution >= 0.6 is 11.6 Å². The number of nitrogens with zero attached hydrogens (tertiary/aromatic N) is 2. The number of β-lactam (4-membered cyclic amide) rings is 1. The lowest BCUT2D eigenvalue weighted by molar-refractivity contribution is -0.134. The van der Waals surface area contributed by atoms with Gasteiger partial charge in [0.2, 0.25) is 5.91 Å². The van der Waals surface area contributed by atoms with Gasteiger partial charge in [0.05, 0.1) is 12.0 Å². The van der Waals surface area contributed by atoms with Crippen LogP contribution in [-0.2, 0) is 20.8 Å². The van der Waals surface area contributed by atoms with Crippen molar-refractivity contribution in [3.05, 3.63) is 89.0 Å². The second kappa shape index (κ2) is 10.00. The summed E-state index contributed by atoms with van der Waals surface area (Å²) in [5.41, 5.74) is 3.86. The summed E-state index contributed by atoms with van der Waals surface area (Å²) in [6.07, 6.45) is 4.92. The van der Waals surface area contributed by atoms with Crippen LogP contribution in [0.25, 0.3) is 10.8 Å². The van der Waals surface area contributed by atoms with E-state index in [1.54, 1.807) is 0 Å². The zero-order valence-electron chi connectivity index (χ0n) is 20.1. The number of carboxylic acid groups (broad SMARTS) is 2. The average molecular weight is 519 g/mol. The summed E-state index contributed by atoms with van der Waals surface area (Å²) in [5, 5.41) is 19.1. The topological polar surface area (TPSA) is 98.1 Å². The molecule has 1 aliphatic carbocycles.